The monoisotopic (exact) mass is 347 g/mol. The van der Waals surface area contributed by atoms with Crippen molar-refractivity contribution < 1.29 is 14.2 Å². The van der Waals surface area contributed by atoms with E-state index in [1.165, 1.54) is 0 Å². The van der Waals surface area contributed by atoms with Crippen LogP contribution < -0.4 is 19.5 Å². The summed E-state index contributed by atoms with van der Waals surface area (Å²) in [6.07, 6.45) is 1.57. The molecular formula is C20H17N3O3. The lowest BCUT2D eigenvalue weighted by Crippen LogP contribution is -2.15. The quantitative estimate of drug-likeness (QED) is 0.768. The van der Waals surface area contributed by atoms with Gasteiger partial charge in [-0.15, -0.1) is 0 Å². The van der Waals surface area contributed by atoms with E-state index in [2.05, 4.69) is 16.4 Å². The molecule has 0 atom stereocenters. The third-order valence-corrected chi connectivity index (χ3v) is 4.08. The molecule has 26 heavy (non-hydrogen) atoms. The number of pyridine rings is 1. The Hall–Kier alpha value is -3.46. The second-order valence-electron chi connectivity index (χ2n) is 5.75. The highest BCUT2D eigenvalue weighted by Gasteiger charge is 2.14. The highest BCUT2D eigenvalue weighted by molar-refractivity contribution is 5.96. The average Bonchev–Trinajstić information content (AvgIpc) is 2.68. The van der Waals surface area contributed by atoms with Gasteiger partial charge in [0, 0.05) is 23.3 Å². The highest BCUT2D eigenvalue weighted by Crippen LogP contribution is 2.36. The van der Waals surface area contributed by atoms with E-state index in [9.17, 15) is 5.26 Å². The minimum atomic E-state index is 0.459. The van der Waals surface area contributed by atoms with Crippen LogP contribution in [0.15, 0.2) is 42.6 Å². The highest BCUT2D eigenvalue weighted by atomic mass is 16.6. The Balaban J connectivity index is 1.79. The van der Waals surface area contributed by atoms with E-state index in [4.69, 9.17) is 14.2 Å². The van der Waals surface area contributed by atoms with Crippen molar-refractivity contribution in [1.29, 1.82) is 5.26 Å². The minimum absolute atomic E-state index is 0.459. The molecule has 4 rings (SSSR count). The summed E-state index contributed by atoms with van der Waals surface area (Å²) in [4.78, 5) is 4.36. The fraction of sp³-hybridized carbons (Fsp3) is 0.200. The number of ether oxygens (including phenoxy) is 3. The molecule has 1 aliphatic rings. The van der Waals surface area contributed by atoms with Crippen LogP contribution in [0.4, 0.5) is 11.4 Å². The van der Waals surface area contributed by atoms with Gasteiger partial charge in [-0.3, -0.25) is 4.98 Å². The topological polar surface area (TPSA) is 76.4 Å². The van der Waals surface area contributed by atoms with Gasteiger partial charge in [0.05, 0.1) is 23.4 Å². The van der Waals surface area contributed by atoms with Gasteiger partial charge in [0.2, 0.25) is 0 Å². The summed E-state index contributed by atoms with van der Waals surface area (Å²) in [6, 6.07) is 13.5. The molecule has 0 unspecified atom stereocenters. The summed E-state index contributed by atoms with van der Waals surface area (Å²) in [5.74, 6) is 2.15. The van der Waals surface area contributed by atoms with Crippen molar-refractivity contribution in [1.82, 2.24) is 4.98 Å². The van der Waals surface area contributed by atoms with Crippen molar-refractivity contribution >= 4 is 22.3 Å². The lowest BCUT2D eigenvalue weighted by atomic mass is 10.1. The Kier molecular flexibility index (Phi) is 4.20. The van der Waals surface area contributed by atoms with Crippen molar-refractivity contribution in [3.8, 4) is 23.3 Å². The van der Waals surface area contributed by atoms with Crippen LogP contribution in [0.1, 0.15) is 12.5 Å². The van der Waals surface area contributed by atoms with E-state index in [1.807, 2.05) is 43.3 Å². The van der Waals surface area contributed by atoms with E-state index < -0.39 is 0 Å². The van der Waals surface area contributed by atoms with Crippen molar-refractivity contribution in [2.75, 3.05) is 25.1 Å². The lowest BCUT2D eigenvalue weighted by Gasteiger charge is -2.19. The number of fused-ring (bicyclic) bond motifs is 2. The van der Waals surface area contributed by atoms with Crippen molar-refractivity contribution in [2.45, 2.75) is 6.92 Å². The fourth-order valence-electron chi connectivity index (χ4n) is 2.91. The third-order valence-electron chi connectivity index (χ3n) is 4.08. The van der Waals surface area contributed by atoms with E-state index in [1.54, 1.807) is 6.20 Å². The van der Waals surface area contributed by atoms with Crippen LogP contribution in [-0.4, -0.2) is 24.8 Å². The second-order valence-corrected chi connectivity index (χ2v) is 5.75. The first-order chi connectivity index (χ1) is 12.8. The molecule has 0 amide bonds. The molecule has 0 bridgehead atoms. The lowest BCUT2D eigenvalue weighted by molar-refractivity contribution is 0.171. The normalized spacial score (nSPS) is 12.5. The molecule has 0 fully saturated rings. The number of nitrogens with one attached hydrogen (secondary N) is 1. The van der Waals surface area contributed by atoms with Crippen LogP contribution in [0.25, 0.3) is 10.9 Å². The summed E-state index contributed by atoms with van der Waals surface area (Å²) >= 11 is 0. The minimum Gasteiger partial charge on any atom is -0.494 e. The first kappa shape index (κ1) is 16.0. The van der Waals surface area contributed by atoms with Crippen LogP contribution in [0, 0.1) is 11.3 Å². The van der Waals surface area contributed by atoms with Gasteiger partial charge >= 0.3 is 0 Å². The van der Waals surface area contributed by atoms with E-state index >= 15 is 0 Å². The molecule has 0 spiro atoms. The number of benzene rings is 2. The molecule has 2 heterocycles. The molecule has 0 saturated heterocycles. The molecule has 1 N–H and O–H groups in total. The standard InChI is InChI=1S/C20H17N3O3/c1-2-24-15-4-5-17-16(10-15)20(13(11-21)12-22-17)23-14-3-6-18-19(9-14)26-8-7-25-18/h3-6,9-10,12H,2,7-8H2,1H3,(H,22,23). The largest absolute Gasteiger partial charge is 0.494 e. The first-order valence-corrected chi connectivity index (χ1v) is 8.41. The van der Waals surface area contributed by atoms with Gasteiger partial charge in [0.15, 0.2) is 11.5 Å². The fourth-order valence-corrected chi connectivity index (χ4v) is 2.91. The SMILES string of the molecule is CCOc1ccc2ncc(C#N)c(Nc3ccc4c(c3)OCCO4)c2c1. The average molecular weight is 347 g/mol. The summed E-state index contributed by atoms with van der Waals surface area (Å²) < 4.78 is 16.8. The Morgan fingerprint density at radius 2 is 2.00 bits per heavy atom. The Labute approximate surface area is 150 Å². The predicted molar refractivity (Wildman–Crippen MR) is 98.3 cm³/mol. The zero-order chi connectivity index (χ0) is 17.9. The third kappa shape index (κ3) is 2.95. The number of anilines is 2. The Morgan fingerprint density at radius 1 is 1.15 bits per heavy atom. The van der Waals surface area contributed by atoms with Crippen molar-refractivity contribution in [3.05, 3.63) is 48.2 Å². The van der Waals surface area contributed by atoms with E-state index in [-0.39, 0.29) is 0 Å². The number of hydrogen-bond acceptors (Lipinski definition) is 6. The van der Waals surface area contributed by atoms with Gasteiger partial charge in [-0.1, -0.05) is 0 Å². The Morgan fingerprint density at radius 3 is 2.81 bits per heavy atom. The molecular weight excluding hydrogens is 330 g/mol. The van der Waals surface area contributed by atoms with Gasteiger partial charge in [-0.25, -0.2) is 0 Å². The van der Waals surface area contributed by atoms with Crippen LogP contribution in [0.5, 0.6) is 17.2 Å². The van der Waals surface area contributed by atoms with E-state index in [0.717, 1.165) is 28.1 Å². The predicted octanol–water partition coefficient (Wildman–Crippen LogP) is 4.02. The molecule has 130 valence electrons. The van der Waals surface area contributed by atoms with E-state index in [0.29, 0.717) is 36.8 Å². The molecule has 0 aliphatic carbocycles. The molecule has 1 aliphatic heterocycles. The van der Waals surface area contributed by atoms with Gasteiger partial charge in [0.25, 0.3) is 0 Å². The van der Waals surface area contributed by atoms with Crippen molar-refractivity contribution in [3.63, 3.8) is 0 Å². The van der Waals surface area contributed by atoms with Crippen LogP contribution >= 0.6 is 0 Å². The summed E-state index contributed by atoms with van der Waals surface area (Å²) in [7, 11) is 0. The molecule has 1 aromatic heterocycles. The summed E-state index contributed by atoms with van der Waals surface area (Å²) in [5, 5.41) is 13.7. The summed E-state index contributed by atoms with van der Waals surface area (Å²) in [6.45, 7) is 3.58. The van der Waals surface area contributed by atoms with Gasteiger partial charge < -0.3 is 19.5 Å². The first-order valence-electron chi connectivity index (χ1n) is 8.41. The molecule has 6 heteroatoms. The smallest absolute Gasteiger partial charge is 0.163 e. The van der Waals surface area contributed by atoms with Crippen LogP contribution in [-0.2, 0) is 0 Å². The van der Waals surface area contributed by atoms with Gasteiger partial charge in [-0.2, -0.15) is 5.26 Å². The van der Waals surface area contributed by atoms with Gasteiger partial charge in [0.1, 0.15) is 25.0 Å². The summed E-state index contributed by atoms with van der Waals surface area (Å²) in [5.41, 5.74) is 2.74. The number of rotatable bonds is 4. The van der Waals surface area contributed by atoms with Crippen molar-refractivity contribution in [2.24, 2.45) is 0 Å². The number of nitrogens with zero attached hydrogens (tertiary/aromatic N) is 2. The van der Waals surface area contributed by atoms with Crippen LogP contribution in [0.2, 0.25) is 0 Å². The maximum Gasteiger partial charge on any atom is 0.163 e. The molecule has 2 aromatic carbocycles. The zero-order valence-corrected chi connectivity index (χ0v) is 14.3. The van der Waals surface area contributed by atoms with Gasteiger partial charge in [-0.05, 0) is 37.3 Å². The number of nitriles is 1. The molecule has 6 nitrogen and oxygen atoms in total. The molecule has 0 saturated carbocycles. The second kappa shape index (κ2) is 6.81. The maximum absolute atomic E-state index is 9.51. The molecule has 0 radical (unpaired) electrons. The number of aromatic nitrogens is 1. The molecule has 3 aromatic rings. The zero-order valence-electron chi connectivity index (χ0n) is 14.3. The number of hydrogen-bond donors (Lipinski definition) is 1. The Bertz CT molecular complexity index is 1010. The van der Waals surface area contributed by atoms with Crippen LogP contribution in [0.3, 0.4) is 0 Å². The maximum atomic E-state index is 9.51.